The van der Waals surface area contributed by atoms with Crippen molar-refractivity contribution in [2.24, 2.45) is 5.16 Å². The molecule has 0 saturated carbocycles. The number of halogens is 2. The molecule has 0 radical (unpaired) electrons. The van der Waals surface area contributed by atoms with Crippen molar-refractivity contribution >= 4 is 41.0 Å². The molecule has 0 heterocycles. The highest BCUT2D eigenvalue weighted by atomic mass is 35.5. The van der Waals surface area contributed by atoms with Gasteiger partial charge in [0.2, 0.25) is 0 Å². The van der Waals surface area contributed by atoms with E-state index >= 15 is 0 Å². The molecule has 0 spiro atoms. The first-order valence-electron chi connectivity index (χ1n) is 6.76. The number of carbonyl (C=O) groups excluding carboxylic acids is 1. The van der Waals surface area contributed by atoms with E-state index in [1.165, 1.54) is 19.4 Å². The number of hydrogen-bond acceptors (Lipinski definition) is 5. The molecular weight excluding hydrogens is 355 g/mol. The van der Waals surface area contributed by atoms with Gasteiger partial charge in [0, 0.05) is 16.3 Å². The van der Waals surface area contributed by atoms with Crippen molar-refractivity contribution < 1.29 is 19.5 Å². The normalized spacial score (nSPS) is 10.6. The summed E-state index contributed by atoms with van der Waals surface area (Å²) in [6, 6.07) is 9.78. The lowest BCUT2D eigenvalue weighted by Gasteiger charge is -2.13. The molecule has 8 heteroatoms. The second-order valence-corrected chi connectivity index (χ2v) is 5.47. The summed E-state index contributed by atoms with van der Waals surface area (Å²) < 4.78 is 10.6. The molecule has 24 heavy (non-hydrogen) atoms. The van der Waals surface area contributed by atoms with Gasteiger partial charge in [-0.2, -0.15) is 0 Å². The van der Waals surface area contributed by atoms with Gasteiger partial charge < -0.3 is 20.0 Å². The van der Waals surface area contributed by atoms with Crippen LogP contribution in [0.2, 0.25) is 10.0 Å². The Morgan fingerprint density at radius 1 is 1.29 bits per heavy atom. The molecule has 0 saturated heterocycles. The van der Waals surface area contributed by atoms with Crippen molar-refractivity contribution in [3.63, 3.8) is 0 Å². The summed E-state index contributed by atoms with van der Waals surface area (Å²) in [6.07, 6.45) is 1.20. The summed E-state index contributed by atoms with van der Waals surface area (Å²) in [5.41, 5.74) is 1.12. The Labute approximate surface area is 148 Å². The molecule has 2 aromatic carbocycles. The monoisotopic (exact) mass is 368 g/mol. The molecule has 0 aromatic heterocycles. The van der Waals surface area contributed by atoms with Crippen molar-refractivity contribution in [2.75, 3.05) is 19.0 Å². The average Bonchev–Trinajstić information content (AvgIpc) is 2.56. The molecule has 0 atom stereocenters. The molecule has 0 aliphatic heterocycles. The van der Waals surface area contributed by atoms with Crippen LogP contribution < -0.4 is 14.8 Å². The van der Waals surface area contributed by atoms with E-state index in [0.29, 0.717) is 22.0 Å². The first-order valence-corrected chi connectivity index (χ1v) is 7.52. The Morgan fingerprint density at radius 3 is 2.62 bits per heavy atom. The van der Waals surface area contributed by atoms with E-state index in [2.05, 4.69) is 10.5 Å². The largest absolute Gasteiger partial charge is 0.493 e. The van der Waals surface area contributed by atoms with Crippen molar-refractivity contribution in [3.8, 4) is 11.5 Å². The van der Waals surface area contributed by atoms with Crippen molar-refractivity contribution in [2.45, 2.75) is 0 Å². The molecule has 1 amide bonds. The Bertz CT molecular complexity index is 748. The van der Waals surface area contributed by atoms with Crippen LogP contribution in [-0.2, 0) is 4.79 Å². The number of amides is 1. The number of nitrogens with zero attached hydrogens (tertiary/aromatic N) is 1. The third-order valence-corrected chi connectivity index (χ3v) is 3.47. The minimum atomic E-state index is -0.364. The van der Waals surface area contributed by atoms with Gasteiger partial charge in [-0.15, -0.1) is 0 Å². The van der Waals surface area contributed by atoms with Gasteiger partial charge in [-0.05, 0) is 36.4 Å². The maximum absolute atomic E-state index is 11.9. The van der Waals surface area contributed by atoms with Crippen LogP contribution in [0.3, 0.4) is 0 Å². The van der Waals surface area contributed by atoms with E-state index in [4.69, 9.17) is 37.9 Å². The van der Waals surface area contributed by atoms with Gasteiger partial charge in [-0.3, -0.25) is 4.79 Å². The number of hydrogen-bond donors (Lipinski definition) is 2. The lowest BCUT2D eigenvalue weighted by Crippen LogP contribution is -2.20. The van der Waals surface area contributed by atoms with Crippen LogP contribution in [0.15, 0.2) is 41.6 Å². The van der Waals surface area contributed by atoms with Crippen LogP contribution in [-0.4, -0.2) is 31.0 Å². The number of methoxy groups -OCH3 is 1. The molecule has 2 rings (SSSR count). The fourth-order valence-corrected chi connectivity index (χ4v) is 2.29. The summed E-state index contributed by atoms with van der Waals surface area (Å²) in [5.74, 6) is 0.175. The third-order valence-electron chi connectivity index (χ3n) is 2.93. The standard InChI is InChI=1S/C16H14Cl2N2O4/c1-23-14-7-10(8-19-22)6-13(18)16(14)24-9-15(21)20-12-4-2-11(17)3-5-12/h2-8,22H,9H2,1H3,(H,20,21)/b19-8-. The van der Waals surface area contributed by atoms with E-state index in [1.807, 2.05) is 0 Å². The minimum Gasteiger partial charge on any atom is -0.493 e. The lowest BCUT2D eigenvalue weighted by atomic mass is 10.2. The van der Waals surface area contributed by atoms with Crippen LogP contribution in [0.25, 0.3) is 0 Å². The molecule has 0 unspecified atom stereocenters. The zero-order chi connectivity index (χ0) is 17.5. The number of nitrogens with one attached hydrogen (secondary N) is 1. The molecule has 2 N–H and O–H groups in total. The van der Waals surface area contributed by atoms with E-state index in [0.717, 1.165) is 0 Å². The molecule has 0 fully saturated rings. The van der Waals surface area contributed by atoms with Crippen molar-refractivity contribution in [1.82, 2.24) is 0 Å². The van der Waals surface area contributed by atoms with Crippen LogP contribution in [0.4, 0.5) is 5.69 Å². The van der Waals surface area contributed by atoms with Crippen molar-refractivity contribution in [1.29, 1.82) is 0 Å². The second kappa shape index (κ2) is 8.42. The number of ether oxygens (including phenoxy) is 2. The third kappa shape index (κ3) is 4.78. The second-order valence-electron chi connectivity index (χ2n) is 4.62. The predicted molar refractivity (Wildman–Crippen MR) is 93.0 cm³/mol. The van der Waals surface area contributed by atoms with Gasteiger partial charge in [0.15, 0.2) is 18.1 Å². The van der Waals surface area contributed by atoms with Crippen LogP contribution in [0.1, 0.15) is 5.56 Å². The summed E-state index contributed by atoms with van der Waals surface area (Å²) in [4.78, 5) is 11.9. The van der Waals surface area contributed by atoms with Gasteiger partial charge in [0.1, 0.15) is 0 Å². The number of carbonyl (C=O) groups is 1. The highest BCUT2D eigenvalue weighted by Gasteiger charge is 2.13. The van der Waals surface area contributed by atoms with Crippen LogP contribution >= 0.6 is 23.2 Å². The Kier molecular flexibility index (Phi) is 6.28. The summed E-state index contributed by atoms with van der Waals surface area (Å²) in [6.45, 7) is -0.258. The van der Waals surface area contributed by atoms with Gasteiger partial charge in [0.25, 0.3) is 5.91 Å². The maximum Gasteiger partial charge on any atom is 0.262 e. The molecule has 2 aromatic rings. The summed E-state index contributed by atoms with van der Waals surface area (Å²) >= 11 is 11.9. The van der Waals surface area contributed by atoms with Gasteiger partial charge in [0.05, 0.1) is 18.3 Å². The van der Waals surface area contributed by atoms with Gasteiger partial charge in [-0.25, -0.2) is 0 Å². The van der Waals surface area contributed by atoms with Gasteiger partial charge >= 0.3 is 0 Å². The topological polar surface area (TPSA) is 80.2 Å². The SMILES string of the molecule is COc1cc(/C=N\O)cc(Cl)c1OCC(=O)Nc1ccc(Cl)cc1. The Hall–Kier alpha value is -2.44. The number of benzene rings is 2. The van der Waals surface area contributed by atoms with E-state index in [1.54, 1.807) is 30.3 Å². The number of rotatable bonds is 6. The predicted octanol–water partition coefficient (Wildman–Crippen LogP) is 3.83. The number of anilines is 1. The smallest absolute Gasteiger partial charge is 0.262 e. The van der Waals surface area contributed by atoms with E-state index in [9.17, 15) is 4.79 Å². The first-order chi connectivity index (χ1) is 11.5. The zero-order valence-corrected chi connectivity index (χ0v) is 14.1. The maximum atomic E-state index is 11.9. The molecular formula is C16H14Cl2N2O4. The molecule has 126 valence electrons. The average molecular weight is 369 g/mol. The zero-order valence-electron chi connectivity index (χ0n) is 12.6. The van der Waals surface area contributed by atoms with E-state index < -0.39 is 0 Å². The molecule has 0 aliphatic rings. The fraction of sp³-hybridized carbons (Fsp3) is 0.125. The van der Waals surface area contributed by atoms with Crippen LogP contribution in [0, 0.1) is 0 Å². The highest BCUT2D eigenvalue weighted by Crippen LogP contribution is 2.36. The molecule has 0 aliphatic carbocycles. The summed E-state index contributed by atoms with van der Waals surface area (Å²) in [5, 5.41) is 15.0. The Morgan fingerprint density at radius 2 is 2.00 bits per heavy atom. The first kappa shape index (κ1) is 17.9. The quantitative estimate of drug-likeness (QED) is 0.461. The minimum absolute atomic E-state index is 0.223. The van der Waals surface area contributed by atoms with Crippen molar-refractivity contribution in [3.05, 3.63) is 52.0 Å². The fourth-order valence-electron chi connectivity index (χ4n) is 1.89. The molecule has 6 nitrogen and oxygen atoms in total. The van der Waals surface area contributed by atoms with Gasteiger partial charge in [-0.1, -0.05) is 28.4 Å². The summed E-state index contributed by atoms with van der Waals surface area (Å²) in [7, 11) is 1.44. The molecule has 0 bridgehead atoms. The van der Waals surface area contributed by atoms with E-state index in [-0.39, 0.29) is 23.3 Å². The Balaban J connectivity index is 2.05. The lowest BCUT2D eigenvalue weighted by molar-refractivity contribution is -0.118. The highest BCUT2D eigenvalue weighted by molar-refractivity contribution is 6.32. The van der Waals surface area contributed by atoms with Crippen LogP contribution in [0.5, 0.6) is 11.5 Å². The number of oxime groups is 1.